The summed E-state index contributed by atoms with van der Waals surface area (Å²) in [5, 5.41) is 0. The van der Waals surface area contributed by atoms with Crippen molar-refractivity contribution in [2.45, 2.75) is 46.6 Å². The van der Waals surface area contributed by atoms with E-state index in [9.17, 15) is 33.5 Å². The fourth-order valence-corrected chi connectivity index (χ4v) is 4.56. The first-order chi connectivity index (χ1) is 14.9. The Balaban J connectivity index is 0.0000109. The number of rotatable bonds is 12. The van der Waals surface area contributed by atoms with Gasteiger partial charge in [-0.2, -0.15) is 0 Å². The number of aryl methyl sites for hydroxylation is 1. The largest absolute Gasteiger partial charge is 3.00 e. The summed E-state index contributed by atoms with van der Waals surface area (Å²) < 4.78 is 34.0. The molecule has 0 aliphatic heterocycles. The van der Waals surface area contributed by atoms with Crippen LogP contribution in [0.1, 0.15) is 44.4 Å². The Labute approximate surface area is 226 Å². The number of nitrogens with zero attached hydrogens (tertiary/aromatic N) is 1. The van der Waals surface area contributed by atoms with Gasteiger partial charge in [0, 0.05) is 17.7 Å². The average molecular weight is 595 g/mol. The molecule has 0 aromatic heterocycles. The molecule has 0 radical (unpaired) electrons. The van der Waals surface area contributed by atoms with Crippen LogP contribution in [0.25, 0.3) is 0 Å². The molecule has 0 heterocycles. The van der Waals surface area contributed by atoms with Gasteiger partial charge in [0.25, 0.3) is 0 Å². The molecule has 0 aliphatic rings. The van der Waals surface area contributed by atoms with Gasteiger partial charge in [-0.15, -0.1) is 0 Å². The predicted octanol–water partition coefficient (Wildman–Crippen LogP) is 3.06. The topological polar surface area (TPSA) is 154 Å². The molecule has 0 spiro atoms. The average Bonchev–Trinajstić information content (AvgIpc) is 2.58. The van der Waals surface area contributed by atoms with E-state index < -0.39 is 33.7 Å². The van der Waals surface area contributed by atoms with E-state index in [1.54, 1.807) is 12.5 Å². The van der Waals surface area contributed by atoms with Crippen LogP contribution in [0, 0.1) is 13.3 Å². The molecule has 13 heteroatoms. The van der Waals surface area contributed by atoms with E-state index in [4.69, 9.17) is 9.47 Å². The molecule has 0 atom stereocenters. The zero-order valence-electron chi connectivity index (χ0n) is 20.2. The molecular formula is C21H34NO9P2Y+2. The molecule has 1 aromatic rings. The minimum Gasteiger partial charge on any atom is -0.524 e. The Hall–Kier alpha value is -0.406. The Kier molecular flexibility index (Phi) is 13.6. The standard InChI is InChI=1S/C21H34NO9P2.Y/c1-15(2)20(23)31-9-7-8-30-19-16(3)10-18(21(4,5)6)11-17(19)12-22(13-32(24,25)26)14-33(27,28)29;/h7,10-11H,1,8-9,12-14H2,2-6H3,(H2,24,25,26)(H2,27,28,29);/q-1;+3. The Morgan fingerprint density at radius 1 is 1.09 bits per heavy atom. The van der Waals surface area contributed by atoms with Crippen LogP contribution >= 0.6 is 15.2 Å². The number of benzene rings is 1. The molecule has 188 valence electrons. The molecule has 34 heavy (non-hydrogen) atoms. The van der Waals surface area contributed by atoms with Crippen LogP contribution in [0.5, 0.6) is 5.75 Å². The molecule has 0 saturated heterocycles. The van der Waals surface area contributed by atoms with Gasteiger partial charge in [-0.1, -0.05) is 39.5 Å². The van der Waals surface area contributed by atoms with E-state index in [0.29, 0.717) is 11.3 Å². The molecule has 0 unspecified atom stereocenters. The third kappa shape index (κ3) is 13.1. The van der Waals surface area contributed by atoms with Crippen molar-refractivity contribution in [3.63, 3.8) is 0 Å². The zero-order valence-corrected chi connectivity index (χ0v) is 24.9. The Bertz CT molecular complexity index is 926. The predicted molar refractivity (Wildman–Crippen MR) is 125 cm³/mol. The molecule has 1 aromatic carbocycles. The van der Waals surface area contributed by atoms with Crippen molar-refractivity contribution in [3.05, 3.63) is 47.4 Å². The number of carbonyl (C=O) groups excluding carboxylic acids is 1. The van der Waals surface area contributed by atoms with Crippen molar-refractivity contribution < 1.29 is 75.7 Å². The second-order valence-electron chi connectivity index (χ2n) is 8.95. The summed E-state index contributed by atoms with van der Waals surface area (Å²) in [6.07, 6.45) is -0.0521. The number of ether oxygens (including phenoxy) is 2. The van der Waals surface area contributed by atoms with Crippen LogP contribution in [0.15, 0.2) is 24.3 Å². The molecule has 1 rings (SSSR count). The zero-order chi connectivity index (χ0) is 25.6. The molecule has 0 aliphatic carbocycles. The first-order valence-corrected chi connectivity index (χ1v) is 13.7. The summed E-state index contributed by atoms with van der Waals surface area (Å²) in [4.78, 5) is 50.0. The molecule has 0 amide bonds. The first kappa shape index (κ1) is 33.6. The van der Waals surface area contributed by atoms with Crippen LogP contribution in [-0.2, 0) is 63.3 Å². The van der Waals surface area contributed by atoms with E-state index in [-0.39, 0.29) is 63.5 Å². The van der Waals surface area contributed by atoms with Crippen LogP contribution in [0.2, 0.25) is 0 Å². The monoisotopic (exact) mass is 595 g/mol. The van der Waals surface area contributed by atoms with Gasteiger partial charge in [0.15, 0.2) is 0 Å². The minimum atomic E-state index is -4.58. The molecule has 0 saturated carbocycles. The van der Waals surface area contributed by atoms with Gasteiger partial charge in [-0.05, 0) is 43.6 Å². The smallest absolute Gasteiger partial charge is 0.524 e. The number of carbonyl (C=O) groups is 1. The fourth-order valence-electron chi connectivity index (χ4n) is 2.96. The maximum atomic E-state index is 11.6. The third-order valence-electron chi connectivity index (χ3n) is 4.41. The van der Waals surface area contributed by atoms with Gasteiger partial charge >= 0.3 is 53.9 Å². The number of hydrogen-bond donors (Lipinski definition) is 4. The van der Waals surface area contributed by atoms with Crippen molar-refractivity contribution in [2.75, 3.05) is 25.8 Å². The normalized spacial score (nSPS) is 12.3. The maximum absolute atomic E-state index is 11.6. The van der Waals surface area contributed by atoms with Crippen LogP contribution in [-0.4, -0.2) is 56.2 Å². The molecule has 4 N–H and O–H groups in total. The van der Waals surface area contributed by atoms with Gasteiger partial charge in [-0.25, -0.2) is 4.79 Å². The quantitative estimate of drug-likeness (QED) is 0.0933. The SMILES string of the molecule is C=C(C)C(=O)OC[CH-]COc1c(C)cc(C(C)(C)C)cc1CN(CP(=O)(O)O)CP(=O)(O)O.[Y+3]. The second-order valence-corrected chi connectivity index (χ2v) is 12.2. The van der Waals surface area contributed by atoms with Crippen molar-refractivity contribution in [2.24, 2.45) is 0 Å². The summed E-state index contributed by atoms with van der Waals surface area (Å²) in [5.74, 6) is -0.102. The summed E-state index contributed by atoms with van der Waals surface area (Å²) in [7, 11) is -9.17. The molecule has 0 fully saturated rings. The van der Waals surface area contributed by atoms with Crippen molar-refractivity contribution in [3.8, 4) is 5.75 Å². The van der Waals surface area contributed by atoms with Crippen molar-refractivity contribution in [1.29, 1.82) is 0 Å². The van der Waals surface area contributed by atoms with Crippen LogP contribution in [0.3, 0.4) is 0 Å². The summed E-state index contributed by atoms with van der Waals surface area (Å²) >= 11 is 0. The maximum Gasteiger partial charge on any atom is 3.00 e. The van der Waals surface area contributed by atoms with Gasteiger partial charge in [0.2, 0.25) is 0 Å². The van der Waals surface area contributed by atoms with Gasteiger partial charge < -0.3 is 29.0 Å². The molecule has 10 nitrogen and oxygen atoms in total. The Morgan fingerprint density at radius 3 is 2.06 bits per heavy atom. The van der Waals surface area contributed by atoms with Crippen LogP contribution < -0.4 is 4.74 Å². The van der Waals surface area contributed by atoms with Gasteiger partial charge in [0.05, 0.1) is 0 Å². The number of hydrogen-bond acceptors (Lipinski definition) is 6. The molecule has 0 bridgehead atoms. The first-order valence-electron chi connectivity index (χ1n) is 10.1. The Morgan fingerprint density at radius 2 is 1.62 bits per heavy atom. The summed E-state index contributed by atoms with van der Waals surface area (Å²) in [6, 6.07) is 3.73. The minimum absolute atomic E-state index is 0. The summed E-state index contributed by atoms with van der Waals surface area (Å²) in [5.41, 5.74) is 2.22. The van der Waals surface area contributed by atoms with E-state index >= 15 is 0 Å². The van der Waals surface area contributed by atoms with E-state index in [1.807, 2.05) is 33.8 Å². The van der Waals surface area contributed by atoms with Gasteiger partial charge in [0.1, 0.15) is 18.3 Å². The van der Waals surface area contributed by atoms with E-state index in [1.165, 1.54) is 6.92 Å². The fraction of sp³-hybridized carbons (Fsp3) is 0.524. The molecular weight excluding hydrogens is 561 g/mol. The number of esters is 1. The van der Waals surface area contributed by atoms with Crippen molar-refractivity contribution in [1.82, 2.24) is 4.90 Å². The van der Waals surface area contributed by atoms with Crippen molar-refractivity contribution >= 4 is 21.2 Å². The second kappa shape index (κ2) is 13.8. The third-order valence-corrected chi connectivity index (χ3v) is 5.94. The van der Waals surface area contributed by atoms with E-state index in [2.05, 4.69) is 6.58 Å². The van der Waals surface area contributed by atoms with E-state index in [0.717, 1.165) is 16.0 Å². The summed E-state index contributed by atoms with van der Waals surface area (Å²) in [6.45, 7) is 12.8. The van der Waals surface area contributed by atoms with Crippen LogP contribution in [0.4, 0.5) is 0 Å². The van der Waals surface area contributed by atoms with Gasteiger partial charge in [-0.3, -0.25) is 20.5 Å².